The quantitative estimate of drug-likeness (QED) is 0.713. The van der Waals surface area contributed by atoms with Crippen molar-refractivity contribution in [3.05, 3.63) is 29.0 Å². The summed E-state index contributed by atoms with van der Waals surface area (Å²) in [6.07, 6.45) is 2.42. The molecule has 1 N–H and O–H groups in total. The van der Waals surface area contributed by atoms with Gasteiger partial charge in [-0.15, -0.1) is 17.9 Å². The third-order valence-electron chi connectivity index (χ3n) is 2.80. The maximum atomic E-state index is 12.7. The average molecular weight is 316 g/mol. The van der Waals surface area contributed by atoms with Crippen LogP contribution in [0.2, 0.25) is 0 Å². The van der Waals surface area contributed by atoms with Gasteiger partial charge in [0.1, 0.15) is 0 Å². The fourth-order valence-corrected chi connectivity index (χ4v) is 4.69. The second-order valence-electron chi connectivity index (χ2n) is 4.90. The molecule has 0 bridgehead atoms. The van der Waals surface area contributed by atoms with Gasteiger partial charge in [0.2, 0.25) is 10.0 Å². The van der Waals surface area contributed by atoms with E-state index in [1.54, 1.807) is 12.1 Å². The van der Waals surface area contributed by atoms with Gasteiger partial charge in [-0.3, -0.25) is 0 Å². The van der Waals surface area contributed by atoms with E-state index in [4.69, 9.17) is 0 Å². The number of hydrogen-bond acceptors (Lipinski definition) is 4. The van der Waals surface area contributed by atoms with Crippen molar-refractivity contribution in [1.82, 2.24) is 9.62 Å². The smallest absolute Gasteiger partial charge is 0.244 e. The molecule has 1 aromatic heterocycles. The highest BCUT2D eigenvalue weighted by molar-refractivity contribution is 7.89. The molecule has 20 heavy (non-hydrogen) atoms. The van der Waals surface area contributed by atoms with Gasteiger partial charge in [-0.25, -0.2) is 8.42 Å². The van der Waals surface area contributed by atoms with Crippen LogP contribution in [0.4, 0.5) is 0 Å². The molecule has 114 valence electrons. The zero-order valence-electron chi connectivity index (χ0n) is 12.4. The van der Waals surface area contributed by atoms with E-state index in [1.807, 2.05) is 26.2 Å². The number of nitrogens with zero attached hydrogens (tertiary/aromatic N) is 1. The van der Waals surface area contributed by atoms with Gasteiger partial charge >= 0.3 is 0 Å². The normalized spacial score (nSPS) is 12.2. The van der Waals surface area contributed by atoms with Crippen molar-refractivity contribution < 1.29 is 8.42 Å². The lowest BCUT2D eigenvalue weighted by atomic mass is 10.4. The minimum absolute atomic E-state index is 0.326. The van der Waals surface area contributed by atoms with E-state index in [-0.39, 0.29) is 0 Å². The van der Waals surface area contributed by atoms with Crippen molar-refractivity contribution in [3.63, 3.8) is 0 Å². The van der Waals surface area contributed by atoms with Crippen LogP contribution >= 0.6 is 11.3 Å². The molecule has 1 heterocycles. The van der Waals surface area contributed by atoms with Gasteiger partial charge in [0.15, 0.2) is 0 Å². The zero-order valence-corrected chi connectivity index (χ0v) is 14.1. The summed E-state index contributed by atoms with van der Waals surface area (Å²) >= 11 is 1.48. The molecule has 0 saturated carbocycles. The van der Waals surface area contributed by atoms with E-state index in [0.29, 0.717) is 30.6 Å². The highest BCUT2D eigenvalue weighted by Crippen LogP contribution is 2.25. The summed E-state index contributed by atoms with van der Waals surface area (Å²) in [4.78, 5) is 1.29. The lowest BCUT2D eigenvalue weighted by Gasteiger charge is -2.20. The Hall–Kier alpha value is -0.690. The van der Waals surface area contributed by atoms with Crippen LogP contribution in [0, 0.1) is 0 Å². The zero-order chi connectivity index (χ0) is 15.2. The summed E-state index contributed by atoms with van der Waals surface area (Å²) in [5, 5.41) is 5.11. The third-order valence-corrected chi connectivity index (χ3v) is 5.80. The number of rotatable bonds is 9. The molecular formula is C14H24N2O2S2. The Morgan fingerprint density at radius 2 is 2.20 bits per heavy atom. The molecule has 0 spiro atoms. The largest absolute Gasteiger partial charge is 0.310 e. The number of nitrogens with one attached hydrogen (secondary N) is 1. The van der Waals surface area contributed by atoms with E-state index in [1.165, 1.54) is 15.6 Å². The van der Waals surface area contributed by atoms with Crippen LogP contribution in [0.5, 0.6) is 0 Å². The van der Waals surface area contributed by atoms with Crippen LogP contribution in [0.1, 0.15) is 32.1 Å². The van der Waals surface area contributed by atoms with Crippen molar-refractivity contribution in [2.45, 2.75) is 44.7 Å². The lowest BCUT2D eigenvalue weighted by molar-refractivity contribution is 0.440. The van der Waals surface area contributed by atoms with Crippen LogP contribution in [0.15, 0.2) is 29.0 Å². The maximum absolute atomic E-state index is 12.7. The molecule has 0 aliphatic carbocycles. The molecule has 0 aliphatic rings. The van der Waals surface area contributed by atoms with Gasteiger partial charge in [0, 0.05) is 30.6 Å². The lowest BCUT2D eigenvalue weighted by Crippen LogP contribution is -2.32. The first-order valence-corrected chi connectivity index (χ1v) is 9.16. The van der Waals surface area contributed by atoms with Crippen LogP contribution in [0.3, 0.4) is 0 Å². The van der Waals surface area contributed by atoms with E-state index >= 15 is 0 Å². The van der Waals surface area contributed by atoms with Gasteiger partial charge in [0.05, 0.1) is 4.90 Å². The van der Waals surface area contributed by atoms with Gasteiger partial charge in [-0.1, -0.05) is 26.8 Å². The van der Waals surface area contributed by atoms with Crippen molar-refractivity contribution in [3.8, 4) is 0 Å². The first-order chi connectivity index (χ1) is 9.43. The second kappa shape index (κ2) is 7.93. The fourth-order valence-electron chi connectivity index (χ4n) is 1.83. The van der Waals surface area contributed by atoms with Gasteiger partial charge in [-0.05, 0) is 17.9 Å². The number of sulfonamides is 1. The van der Waals surface area contributed by atoms with Gasteiger partial charge in [0.25, 0.3) is 0 Å². The molecule has 0 fully saturated rings. The first-order valence-electron chi connectivity index (χ1n) is 6.84. The summed E-state index contributed by atoms with van der Waals surface area (Å²) in [5.41, 5.74) is 0. The predicted molar refractivity (Wildman–Crippen MR) is 85.5 cm³/mol. The third kappa shape index (κ3) is 4.41. The molecule has 0 radical (unpaired) electrons. The molecule has 0 saturated heterocycles. The van der Waals surface area contributed by atoms with Crippen LogP contribution in [0.25, 0.3) is 0 Å². The molecule has 0 aliphatic heterocycles. The number of hydrogen-bond donors (Lipinski definition) is 1. The Morgan fingerprint density at radius 3 is 2.75 bits per heavy atom. The molecule has 4 nitrogen and oxygen atoms in total. The average Bonchev–Trinajstić information content (AvgIpc) is 2.85. The highest BCUT2D eigenvalue weighted by Gasteiger charge is 2.26. The van der Waals surface area contributed by atoms with Crippen LogP contribution < -0.4 is 5.32 Å². The topological polar surface area (TPSA) is 49.4 Å². The van der Waals surface area contributed by atoms with E-state index < -0.39 is 10.0 Å². The SMILES string of the molecule is C=CCN(CCC)S(=O)(=O)c1ccsc1CNC(C)C. The first kappa shape index (κ1) is 17.4. The Kier molecular flexibility index (Phi) is 6.88. The molecule has 0 aromatic carbocycles. The summed E-state index contributed by atoms with van der Waals surface area (Å²) in [5.74, 6) is 0. The fraction of sp³-hybridized carbons (Fsp3) is 0.571. The minimum atomic E-state index is -3.43. The summed E-state index contributed by atoms with van der Waals surface area (Å²) in [6.45, 7) is 11.2. The Balaban J connectivity index is 3.01. The standard InChI is InChI=1S/C14H24N2O2S2/c1-5-8-16(9-6-2)20(17,18)14-7-10-19-13(14)11-15-12(3)4/h5,7,10,12,15H,1,6,8-9,11H2,2-4H3. The molecule has 0 amide bonds. The van der Waals surface area contributed by atoms with E-state index in [9.17, 15) is 8.42 Å². The molecule has 1 rings (SSSR count). The van der Waals surface area contributed by atoms with Crippen molar-refractivity contribution in [1.29, 1.82) is 0 Å². The van der Waals surface area contributed by atoms with Crippen molar-refractivity contribution in [2.75, 3.05) is 13.1 Å². The molecule has 0 unspecified atom stereocenters. The second-order valence-corrected chi connectivity index (χ2v) is 7.80. The summed E-state index contributed by atoms with van der Waals surface area (Å²) in [6, 6.07) is 2.02. The number of thiophene rings is 1. The van der Waals surface area contributed by atoms with Crippen molar-refractivity contribution in [2.24, 2.45) is 0 Å². The van der Waals surface area contributed by atoms with Crippen LogP contribution in [-0.2, 0) is 16.6 Å². The Bertz CT molecular complexity index is 521. The van der Waals surface area contributed by atoms with E-state index in [0.717, 1.165) is 11.3 Å². The van der Waals surface area contributed by atoms with Crippen LogP contribution in [-0.4, -0.2) is 31.9 Å². The molecule has 1 aromatic rings. The van der Waals surface area contributed by atoms with Gasteiger partial charge in [-0.2, -0.15) is 4.31 Å². The highest BCUT2D eigenvalue weighted by atomic mass is 32.2. The maximum Gasteiger partial charge on any atom is 0.244 e. The monoisotopic (exact) mass is 316 g/mol. The van der Waals surface area contributed by atoms with E-state index in [2.05, 4.69) is 11.9 Å². The predicted octanol–water partition coefficient (Wildman–Crippen LogP) is 2.83. The molecular weight excluding hydrogens is 292 g/mol. The Morgan fingerprint density at radius 1 is 1.50 bits per heavy atom. The summed E-state index contributed by atoms with van der Waals surface area (Å²) in [7, 11) is -3.43. The van der Waals surface area contributed by atoms with Gasteiger partial charge < -0.3 is 5.32 Å². The molecule has 6 heteroatoms. The molecule has 0 atom stereocenters. The van der Waals surface area contributed by atoms with Crippen molar-refractivity contribution >= 4 is 21.4 Å². The summed E-state index contributed by atoms with van der Waals surface area (Å²) < 4.78 is 26.9. The Labute approximate surface area is 126 Å². The minimum Gasteiger partial charge on any atom is -0.310 e.